The maximum atomic E-state index is 5.84. The molecule has 1 heterocycles. The van der Waals surface area contributed by atoms with Crippen LogP contribution in [0.5, 0.6) is 5.75 Å². The maximum absolute atomic E-state index is 5.84. The van der Waals surface area contributed by atoms with Crippen LogP contribution in [-0.4, -0.2) is 11.5 Å². The molecule has 0 atom stereocenters. The van der Waals surface area contributed by atoms with Crippen LogP contribution in [0, 0.1) is 0 Å². The lowest BCUT2D eigenvalue weighted by atomic mass is 10.3. The molecule has 0 aliphatic carbocycles. The molecule has 0 saturated carbocycles. The summed E-state index contributed by atoms with van der Waals surface area (Å²) in [6, 6.07) is 13.3. The van der Waals surface area contributed by atoms with E-state index in [2.05, 4.69) is 17.2 Å². The van der Waals surface area contributed by atoms with Crippen LogP contribution in [0.1, 0.15) is 24.7 Å². The number of halogens is 1. The van der Waals surface area contributed by atoms with Gasteiger partial charge in [0.1, 0.15) is 12.4 Å². The lowest BCUT2D eigenvalue weighted by molar-refractivity contribution is 0.301. The van der Waals surface area contributed by atoms with Crippen molar-refractivity contribution in [2.24, 2.45) is 0 Å². The number of nitrogens with zero attached hydrogens (tertiary/aromatic N) is 1. The van der Waals surface area contributed by atoms with E-state index in [1.165, 1.54) is 0 Å². The molecule has 20 heavy (non-hydrogen) atoms. The zero-order valence-corrected chi connectivity index (χ0v) is 12.4. The number of nitrogens with one attached hydrogen (secondary N) is 1. The van der Waals surface area contributed by atoms with Gasteiger partial charge >= 0.3 is 0 Å². The fourth-order valence-electron chi connectivity index (χ4n) is 1.79. The summed E-state index contributed by atoms with van der Waals surface area (Å²) in [5.41, 5.74) is 1.96. The number of benzene rings is 1. The monoisotopic (exact) mass is 290 g/mol. The molecule has 3 nitrogen and oxygen atoms in total. The zero-order chi connectivity index (χ0) is 14.2. The minimum Gasteiger partial charge on any atom is -0.487 e. The number of ether oxygens (including phenoxy) is 1. The quantitative estimate of drug-likeness (QED) is 0.787. The normalized spacial score (nSPS) is 10.5. The Kier molecular flexibility index (Phi) is 5.84. The van der Waals surface area contributed by atoms with Gasteiger partial charge in [-0.25, -0.2) is 0 Å². The molecule has 2 rings (SSSR count). The summed E-state index contributed by atoms with van der Waals surface area (Å²) in [6.45, 7) is 4.41. The highest BCUT2D eigenvalue weighted by molar-refractivity contribution is 6.30. The molecule has 0 aliphatic rings. The third-order valence-corrected chi connectivity index (χ3v) is 3.05. The molecule has 106 valence electrons. The number of hydrogen-bond acceptors (Lipinski definition) is 3. The molecule has 4 heteroatoms. The molecule has 2 aromatic rings. The predicted octanol–water partition coefficient (Wildman–Crippen LogP) is 3.81. The van der Waals surface area contributed by atoms with Crippen molar-refractivity contribution in [3.63, 3.8) is 0 Å². The van der Waals surface area contributed by atoms with E-state index in [1.807, 2.05) is 42.5 Å². The molecular formula is C16H19ClN2O. The Morgan fingerprint density at radius 1 is 1.10 bits per heavy atom. The second kappa shape index (κ2) is 7.88. The van der Waals surface area contributed by atoms with E-state index in [0.717, 1.165) is 36.6 Å². The molecule has 1 aromatic heterocycles. The van der Waals surface area contributed by atoms with Gasteiger partial charge in [-0.2, -0.15) is 0 Å². The molecule has 1 N–H and O–H groups in total. The minimum atomic E-state index is 0.462. The summed E-state index contributed by atoms with van der Waals surface area (Å²) in [5, 5.41) is 4.05. The van der Waals surface area contributed by atoms with E-state index in [0.29, 0.717) is 11.6 Å². The van der Waals surface area contributed by atoms with Gasteiger partial charge in [-0.05, 0) is 49.4 Å². The number of rotatable bonds is 7. The van der Waals surface area contributed by atoms with Crippen molar-refractivity contribution in [1.29, 1.82) is 0 Å². The van der Waals surface area contributed by atoms with E-state index in [1.54, 1.807) is 0 Å². The van der Waals surface area contributed by atoms with Crippen molar-refractivity contribution in [3.05, 3.63) is 58.9 Å². The van der Waals surface area contributed by atoms with E-state index < -0.39 is 0 Å². The Morgan fingerprint density at radius 3 is 2.60 bits per heavy atom. The zero-order valence-electron chi connectivity index (χ0n) is 11.6. The Balaban J connectivity index is 1.89. The summed E-state index contributed by atoms with van der Waals surface area (Å²) in [4.78, 5) is 4.56. The van der Waals surface area contributed by atoms with Crippen LogP contribution in [0.2, 0.25) is 5.02 Å². The third-order valence-electron chi connectivity index (χ3n) is 2.80. The second-order valence-corrected chi connectivity index (χ2v) is 4.98. The fourth-order valence-corrected chi connectivity index (χ4v) is 1.92. The Bertz CT molecular complexity index is 528. The van der Waals surface area contributed by atoms with Crippen LogP contribution in [0.25, 0.3) is 0 Å². The maximum Gasteiger partial charge on any atom is 0.130 e. The first kappa shape index (κ1) is 14.8. The summed E-state index contributed by atoms with van der Waals surface area (Å²) in [6.07, 6.45) is 1.12. The largest absolute Gasteiger partial charge is 0.487 e. The first-order chi connectivity index (χ1) is 9.78. The number of pyridine rings is 1. The van der Waals surface area contributed by atoms with Crippen molar-refractivity contribution in [3.8, 4) is 5.75 Å². The standard InChI is InChI=1S/C16H19ClN2O/c1-2-10-18-11-14-4-3-5-15(19-14)12-20-16-8-6-13(17)7-9-16/h3-9,18H,2,10-12H2,1H3. The van der Waals surface area contributed by atoms with Crippen LogP contribution in [0.3, 0.4) is 0 Å². The summed E-state index contributed by atoms with van der Waals surface area (Å²) < 4.78 is 5.69. The van der Waals surface area contributed by atoms with Crippen molar-refractivity contribution < 1.29 is 4.74 Å². The topological polar surface area (TPSA) is 34.1 Å². The summed E-state index contributed by atoms with van der Waals surface area (Å²) in [7, 11) is 0. The van der Waals surface area contributed by atoms with Crippen LogP contribution in [-0.2, 0) is 13.2 Å². The molecule has 0 spiro atoms. The van der Waals surface area contributed by atoms with Crippen molar-refractivity contribution >= 4 is 11.6 Å². The second-order valence-electron chi connectivity index (χ2n) is 4.54. The molecule has 0 fully saturated rings. The highest BCUT2D eigenvalue weighted by Crippen LogP contribution is 2.16. The van der Waals surface area contributed by atoms with Gasteiger partial charge < -0.3 is 10.1 Å². The van der Waals surface area contributed by atoms with Gasteiger partial charge in [0.25, 0.3) is 0 Å². The van der Waals surface area contributed by atoms with Gasteiger partial charge in [0.05, 0.1) is 11.4 Å². The number of aromatic nitrogens is 1. The van der Waals surface area contributed by atoms with Crippen LogP contribution in [0.4, 0.5) is 0 Å². The lowest BCUT2D eigenvalue weighted by Gasteiger charge is -2.08. The van der Waals surface area contributed by atoms with Crippen molar-refractivity contribution in [1.82, 2.24) is 10.3 Å². The van der Waals surface area contributed by atoms with Gasteiger partial charge in [-0.3, -0.25) is 4.98 Å². The Morgan fingerprint density at radius 2 is 1.85 bits per heavy atom. The Hall–Kier alpha value is -1.58. The van der Waals surface area contributed by atoms with Crippen molar-refractivity contribution in [2.45, 2.75) is 26.5 Å². The van der Waals surface area contributed by atoms with Gasteiger partial charge in [0, 0.05) is 11.6 Å². The van der Waals surface area contributed by atoms with E-state index >= 15 is 0 Å². The van der Waals surface area contributed by atoms with E-state index in [9.17, 15) is 0 Å². The fraction of sp³-hybridized carbons (Fsp3) is 0.312. The van der Waals surface area contributed by atoms with Crippen LogP contribution in [0.15, 0.2) is 42.5 Å². The van der Waals surface area contributed by atoms with Gasteiger partial charge in [0.2, 0.25) is 0 Å². The average molecular weight is 291 g/mol. The Labute approximate surface area is 124 Å². The van der Waals surface area contributed by atoms with Gasteiger partial charge in [0.15, 0.2) is 0 Å². The minimum absolute atomic E-state index is 0.462. The van der Waals surface area contributed by atoms with E-state index in [4.69, 9.17) is 16.3 Å². The summed E-state index contributed by atoms with van der Waals surface area (Å²) >= 11 is 5.84. The first-order valence-corrected chi connectivity index (χ1v) is 7.19. The summed E-state index contributed by atoms with van der Waals surface area (Å²) in [5.74, 6) is 0.797. The predicted molar refractivity (Wildman–Crippen MR) is 82.0 cm³/mol. The smallest absolute Gasteiger partial charge is 0.130 e. The van der Waals surface area contributed by atoms with Gasteiger partial charge in [-0.15, -0.1) is 0 Å². The highest BCUT2D eigenvalue weighted by Gasteiger charge is 2.00. The third kappa shape index (κ3) is 4.83. The molecule has 0 amide bonds. The lowest BCUT2D eigenvalue weighted by Crippen LogP contribution is -2.15. The van der Waals surface area contributed by atoms with E-state index in [-0.39, 0.29) is 0 Å². The molecule has 0 aliphatic heterocycles. The van der Waals surface area contributed by atoms with Crippen LogP contribution >= 0.6 is 11.6 Å². The number of hydrogen-bond donors (Lipinski definition) is 1. The molecule has 0 unspecified atom stereocenters. The van der Waals surface area contributed by atoms with Crippen LogP contribution < -0.4 is 10.1 Å². The SMILES string of the molecule is CCCNCc1cccc(COc2ccc(Cl)cc2)n1. The molecular weight excluding hydrogens is 272 g/mol. The van der Waals surface area contributed by atoms with Gasteiger partial charge in [-0.1, -0.05) is 24.6 Å². The first-order valence-electron chi connectivity index (χ1n) is 6.82. The molecule has 0 saturated heterocycles. The highest BCUT2D eigenvalue weighted by atomic mass is 35.5. The van der Waals surface area contributed by atoms with Crippen molar-refractivity contribution in [2.75, 3.05) is 6.54 Å². The molecule has 1 aromatic carbocycles. The molecule has 0 radical (unpaired) electrons. The molecule has 0 bridgehead atoms. The average Bonchev–Trinajstić information content (AvgIpc) is 2.47.